The molecule has 21 heavy (non-hydrogen) atoms. The quantitative estimate of drug-likeness (QED) is 0.790. The summed E-state index contributed by atoms with van der Waals surface area (Å²) >= 11 is 6.20. The van der Waals surface area contributed by atoms with Crippen molar-refractivity contribution in [1.82, 2.24) is 0 Å². The van der Waals surface area contributed by atoms with Gasteiger partial charge in [0.1, 0.15) is 0 Å². The highest BCUT2D eigenvalue weighted by Gasteiger charge is 2.08. The van der Waals surface area contributed by atoms with Crippen molar-refractivity contribution < 1.29 is 9.47 Å². The molecule has 0 aromatic heterocycles. The van der Waals surface area contributed by atoms with Crippen molar-refractivity contribution >= 4 is 17.3 Å². The monoisotopic (exact) mass is 305 g/mol. The number of benzene rings is 2. The second-order valence-corrected chi connectivity index (χ2v) is 5.40. The molecule has 0 bridgehead atoms. The lowest BCUT2D eigenvalue weighted by atomic mass is 10.1. The second kappa shape index (κ2) is 7.23. The van der Waals surface area contributed by atoms with Crippen LogP contribution < -0.4 is 14.8 Å². The summed E-state index contributed by atoms with van der Waals surface area (Å²) < 4.78 is 10.6. The molecule has 4 heteroatoms. The summed E-state index contributed by atoms with van der Waals surface area (Å²) in [4.78, 5) is 0. The van der Waals surface area contributed by atoms with Crippen LogP contribution in [0.3, 0.4) is 0 Å². The van der Waals surface area contributed by atoms with Crippen LogP contribution in [0.1, 0.15) is 23.4 Å². The van der Waals surface area contributed by atoms with Crippen molar-refractivity contribution in [2.45, 2.75) is 18.8 Å². The number of methoxy groups -OCH3 is 2. The highest BCUT2D eigenvalue weighted by atomic mass is 35.5. The predicted octanol–water partition coefficient (Wildman–Crippen LogP) is 4.62. The molecule has 112 valence electrons. The number of hydrogen-bond donors (Lipinski definition) is 1. The van der Waals surface area contributed by atoms with Gasteiger partial charge in [-0.15, -0.1) is 11.6 Å². The molecule has 1 N–H and O–H groups in total. The molecule has 0 saturated heterocycles. The van der Waals surface area contributed by atoms with E-state index in [-0.39, 0.29) is 5.38 Å². The van der Waals surface area contributed by atoms with Gasteiger partial charge in [0, 0.05) is 12.2 Å². The Hall–Kier alpha value is -1.87. The standard InChI is InChI=1S/C17H20ClNO2/c1-12(18)14-6-4-5-7-15(14)19-11-13-8-9-16(20-2)17(10-13)21-3/h4-10,12,19H,11H2,1-3H3. The summed E-state index contributed by atoms with van der Waals surface area (Å²) in [5.74, 6) is 1.46. The predicted molar refractivity (Wildman–Crippen MR) is 87.6 cm³/mol. The van der Waals surface area contributed by atoms with Gasteiger partial charge >= 0.3 is 0 Å². The van der Waals surface area contributed by atoms with Gasteiger partial charge in [-0.05, 0) is 36.2 Å². The number of rotatable bonds is 6. The maximum absolute atomic E-state index is 6.20. The Morgan fingerprint density at radius 1 is 1.05 bits per heavy atom. The molecule has 0 fully saturated rings. The maximum Gasteiger partial charge on any atom is 0.161 e. The molecule has 1 unspecified atom stereocenters. The molecule has 2 aromatic carbocycles. The average Bonchev–Trinajstić information content (AvgIpc) is 2.52. The van der Waals surface area contributed by atoms with E-state index in [9.17, 15) is 0 Å². The minimum atomic E-state index is -0.0286. The molecule has 0 aliphatic heterocycles. The Kier molecular flexibility index (Phi) is 5.34. The van der Waals surface area contributed by atoms with E-state index in [0.29, 0.717) is 6.54 Å². The molecular weight excluding hydrogens is 286 g/mol. The molecule has 0 radical (unpaired) electrons. The molecule has 0 saturated carbocycles. The molecule has 3 nitrogen and oxygen atoms in total. The van der Waals surface area contributed by atoms with Crippen molar-refractivity contribution in [2.24, 2.45) is 0 Å². The Balaban J connectivity index is 2.13. The average molecular weight is 306 g/mol. The van der Waals surface area contributed by atoms with Crippen LogP contribution >= 0.6 is 11.6 Å². The third kappa shape index (κ3) is 3.82. The van der Waals surface area contributed by atoms with E-state index in [1.54, 1.807) is 14.2 Å². The second-order valence-electron chi connectivity index (χ2n) is 4.75. The largest absolute Gasteiger partial charge is 0.493 e. The fraction of sp³-hybridized carbons (Fsp3) is 0.294. The zero-order valence-electron chi connectivity index (χ0n) is 12.5. The summed E-state index contributed by atoms with van der Waals surface area (Å²) in [7, 11) is 3.27. The summed E-state index contributed by atoms with van der Waals surface area (Å²) in [6, 6.07) is 14.0. The zero-order valence-corrected chi connectivity index (χ0v) is 13.3. The van der Waals surface area contributed by atoms with E-state index in [1.807, 2.05) is 49.4 Å². The van der Waals surface area contributed by atoms with Gasteiger partial charge in [0.2, 0.25) is 0 Å². The van der Waals surface area contributed by atoms with E-state index in [1.165, 1.54) is 0 Å². The van der Waals surface area contributed by atoms with Crippen LogP contribution in [-0.2, 0) is 6.54 Å². The van der Waals surface area contributed by atoms with Crippen LogP contribution in [0.5, 0.6) is 11.5 Å². The first-order valence-corrected chi connectivity index (χ1v) is 7.27. The van der Waals surface area contributed by atoms with Gasteiger partial charge in [0.05, 0.1) is 19.6 Å². The lowest BCUT2D eigenvalue weighted by Crippen LogP contribution is -2.03. The molecule has 0 aliphatic rings. The van der Waals surface area contributed by atoms with E-state index in [0.717, 1.165) is 28.3 Å². The lowest BCUT2D eigenvalue weighted by Gasteiger charge is -2.14. The molecule has 0 amide bonds. The van der Waals surface area contributed by atoms with Crippen molar-refractivity contribution in [3.05, 3.63) is 53.6 Å². The molecule has 1 atom stereocenters. The fourth-order valence-corrected chi connectivity index (χ4v) is 2.38. The first-order chi connectivity index (χ1) is 10.2. The first kappa shape index (κ1) is 15.5. The SMILES string of the molecule is COc1ccc(CNc2ccccc2C(C)Cl)cc1OC. The summed E-state index contributed by atoms with van der Waals surface area (Å²) in [5, 5.41) is 3.39. The Bertz CT molecular complexity index is 599. The number of para-hydroxylation sites is 1. The number of halogens is 1. The third-order valence-corrected chi connectivity index (χ3v) is 3.56. The number of alkyl halides is 1. The van der Waals surface area contributed by atoms with E-state index in [2.05, 4.69) is 5.32 Å². The maximum atomic E-state index is 6.20. The van der Waals surface area contributed by atoms with Gasteiger partial charge in [0.25, 0.3) is 0 Å². The normalized spacial score (nSPS) is 11.8. The number of anilines is 1. The van der Waals surface area contributed by atoms with E-state index >= 15 is 0 Å². The van der Waals surface area contributed by atoms with Gasteiger partial charge in [-0.3, -0.25) is 0 Å². The van der Waals surface area contributed by atoms with Crippen LogP contribution in [0.15, 0.2) is 42.5 Å². The summed E-state index contributed by atoms with van der Waals surface area (Å²) in [6.45, 7) is 2.67. The highest BCUT2D eigenvalue weighted by Crippen LogP contribution is 2.29. The Morgan fingerprint density at radius 2 is 1.76 bits per heavy atom. The topological polar surface area (TPSA) is 30.5 Å². The van der Waals surface area contributed by atoms with Crippen LogP contribution in [0.4, 0.5) is 5.69 Å². The van der Waals surface area contributed by atoms with Crippen LogP contribution in [-0.4, -0.2) is 14.2 Å². The van der Waals surface area contributed by atoms with E-state index in [4.69, 9.17) is 21.1 Å². The minimum Gasteiger partial charge on any atom is -0.493 e. The molecular formula is C17H20ClNO2. The molecule has 2 rings (SSSR count). The van der Waals surface area contributed by atoms with Crippen molar-refractivity contribution in [3.63, 3.8) is 0 Å². The van der Waals surface area contributed by atoms with E-state index < -0.39 is 0 Å². The van der Waals surface area contributed by atoms with Gasteiger partial charge in [0.15, 0.2) is 11.5 Å². The number of nitrogens with one attached hydrogen (secondary N) is 1. The fourth-order valence-electron chi connectivity index (χ4n) is 2.19. The number of ether oxygens (including phenoxy) is 2. The summed E-state index contributed by atoms with van der Waals surface area (Å²) in [6.07, 6.45) is 0. The Morgan fingerprint density at radius 3 is 2.43 bits per heavy atom. The molecule has 0 heterocycles. The smallest absolute Gasteiger partial charge is 0.161 e. The minimum absolute atomic E-state index is 0.0286. The molecule has 2 aromatic rings. The van der Waals surface area contributed by atoms with Crippen LogP contribution in [0.25, 0.3) is 0 Å². The molecule has 0 spiro atoms. The molecule has 0 aliphatic carbocycles. The van der Waals surface area contributed by atoms with Crippen molar-refractivity contribution in [2.75, 3.05) is 19.5 Å². The Labute approximate surface area is 130 Å². The highest BCUT2D eigenvalue weighted by molar-refractivity contribution is 6.21. The first-order valence-electron chi connectivity index (χ1n) is 6.83. The van der Waals surface area contributed by atoms with Gasteiger partial charge in [-0.1, -0.05) is 24.3 Å². The zero-order chi connectivity index (χ0) is 15.2. The van der Waals surface area contributed by atoms with Gasteiger partial charge in [-0.25, -0.2) is 0 Å². The number of hydrogen-bond acceptors (Lipinski definition) is 3. The van der Waals surface area contributed by atoms with Crippen LogP contribution in [0, 0.1) is 0 Å². The third-order valence-electron chi connectivity index (χ3n) is 3.32. The van der Waals surface area contributed by atoms with Crippen molar-refractivity contribution in [1.29, 1.82) is 0 Å². The lowest BCUT2D eigenvalue weighted by molar-refractivity contribution is 0.354. The van der Waals surface area contributed by atoms with Gasteiger partial charge < -0.3 is 14.8 Å². The van der Waals surface area contributed by atoms with Gasteiger partial charge in [-0.2, -0.15) is 0 Å². The van der Waals surface area contributed by atoms with Crippen LogP contribution in [0.2, 0.25) is 0 Å². The summed E-state index contributed by atoms with van der Waals surface area (Å²) in [5.41, 5.74) is 3.26. The van der Waals surface area contributed by atoms with Crippen molar-refractivity contribution in [3.8, 4) is 11.5 Å².